The van der Waals surface area contributed by atoms with E-state index in [1.54, 1.807) is 0 Å². The third kappa shape index (κ3) is 1.44. The molecule has 2 N–H and O–H groups in total. The number of rotatable bonds is 0. The fourth-order valence-electron chi connectivity index (χ4n) is 2.02. The lowest BCUT2D eigenvalue weighted by atomic mass is 10.0. The maximum atomic E-state index is 9.00. The van der Waals surface area contributed by atoms with Crippen LogP contribution in [0.2, 0.25) is 0 Å². The van der Waals surface area contributed by atoms with Crippen molar-refractivity contribution in [2.45, 2.75) is 32.1 Å². The van der Waals surface area contributed by atoms with Crippen molar-refractivity contribution in [2.24, 2.45) is 0 Å². The lowest BCUT2D eigenvalue weighted by Gasteiger charge is -2.08. The smallest absolute Gasteiger partial charge is 0.141 e. The Bertz CT molecular complexity index is 390. The van der Waals surface area contributed by atoms with Gasteiger partial charge in [-0.15, -0.1) is 0 Å². The number of nitrogens with two attached hydrogens (primary N) is 1. The Labute approximate surface area is 83.6 Å². The summed E-state index contributed by atoms with van der Waals surface area (Å²) in [5, 5.41) is 9.00. The molecule has 0 spiro atoms. The van der Waals surface area contributed by atoms with Crippen LogP contribution in [-0.4, -0.2) is 4.98 Å². The highest BCUT2D eigenvalue weighted by Crippen LogP contribution is 2.25. The Morgan fingerprint density at radius 1 is 1.29 bits per heavy atom. The van der Waals surface area contributed by atoms with Gasteiger partial charge in [-0.2, -0.15) is 5.26 Å². The Kier molecular flexibility index (Phi) is 2.36. The Morgan fingerprint density at radius 2 is 2.07 bits per heavy atom. The number of anilines is 1. The van der Waals surface area contributed by atoms with E-state index in [1.807, 2.05) is 6.20 Å². The van der Waals surface area contributed by atoms with Crippen LogP contribution in [0.25, 0.3) is 0 Å². The molecule has 0 atom stereocenters. The van der Waals surface area contributed by atoms with E-state index >= 15 is 0 Å². The molecule has 1 aromatic heterocycles. The molecule has 14 heavy (non-hydrogen) atoms. The number of pyridine rings is 1. The summed E-state index contributed by atoms with van der Waals surface area (Å²) in [5.41, 5.74) is 8.63. The van der Waals surface area contributed by atoms with Gasteiger partial charge in [0.2, 0.25) is 0 Å². The van der Waals surface area contributed by atoms with Crippen molar-refractivity contribution < 1.29 is 0 Å². The highest BCUT2D eigenvalue weighted by atomic mass is 14.8. The van der Waals surface area contributed by atoms with Crippen LogP contribution in [-0.2, 0) is 12.8 Å². The Balaban J connectivity index is 2.55. The standard InChI is InChI=1S/C11H13N3/c12-6-10-9-5-3-1-2-4-8(9)7-14-11(10)13/h7H,1-5H2,(H2,13,14). The van der Waals surface area contributed by atoms with Gasteiger partial charge in [0.1, 0.15) is 11.9 Å². The zero-order chi connectivity index (χ0) is 9.97. The quantitative estimate of drug-likeness (QED) is 0.630. The highest BCUT2D eigenvalue weighted by molar-refractivity contribution is 5.55. The number of nitriles is 1. The predicted molar refractivity (Wildman–Crippen MR) is 54.6 cm³/mol. The topological polar surface area (TPSA) is 62.7 Å². The van der Waals surface area contributed by atoms with Crippen molar-refractivity contribution in [1.29, 1.82) is 5.26 Å². The first-order valence-corrected chi connectivity index (χ1v) is 4.99. The summed E-state index contributed by atoms with van der Waals surface area (Å²) in [6.45, 7) is 0. The second-order valence-electron chi connectivity index (χ2n) is 3.69. The molecular formula is C11H13N3. The summed E-state index contributed by atoms with van der Waals surface area (Å²) < 4.78 is 0. The first kappa shape index (κ1) is 9.01. The first-order valence-electron chi connectivity index (χ1n) is 4.99. The molecule has 3 nitrogen and oxygen atoms in total. The molecule has 0 bridgehead atoms. The number of hydrogen-bond donors (Lipinski definition) is 1. The highest BCUT2D eigenvalue weighted by Gasteiger charge is 2.14. The minimum atomic E-state index is 0.383. The maximum Gasteiger partial charge on any atom is 0.141 e. The van der Waals surface area contributed by atoms with Crippen LogP contribution in [0.4, 0.5) is 5.82 Å². The molecule has 1 aromatic rings. The average molecular weight is 187 g/mol. The number of nitrogens with zero attached hydrogens (tertiary/aromatic N) is 2. The Hall–Kier alpha value is -1.56. The molecule has 1 aliphatic rings. The molecule has 0 radical (unpaired) electrons. The average Bonchev–Trinajstić information content (AvgIpc) is 2.42. The summed E-state index contributed by atoms with van der Waals surface area (Å²) in [7, 11) is 0. The minimum Gasteiger partial charge on any atom is -0.383 e. The molecule has 0 amide bonds. The molecule has 0 aromatic carbocycles. The predicted octanol–water partition coefficient (Wildman–Crippen LogP) is 1.80. The second-order valence-corrected chi connectivity index (χ2v) is 3.69. The summed E-state index contributed by atoms with van der Waals surface area (Å²) in [5.74, 6) is 0.383. The number of aromatic nitrogens is 1. The van der Waals surface area contributed by atoms with Crippen molar-refractivity contribution in [1.82, 2.24) is 4.98 Å². The summed E-state index contributed by atoms with van der Waals surface area (Å²) >= 11 is 0. The molecule has 1 heterocycles. The molecule has 2 rings (SSSR count). The van der Waals surface area contributed by atoms with E-state index < -0.39 is 0 Å². The molecular weight excluding hydrogens is 174 g/mol. The molecule has 0 aliphatic heterocycles. The minimum absolute atomic E-state index is 0.383. The van der Waals surface area contributed by atoms with E-state index in [9.17, 15) is 0 Å². The molecule has 1 aliphatic carbocycles. The van der Waals surface area contributed by atoms with Gasteiger partial charge in [0.05, 0.1) is 5.56 Å². The van der Waals surface area contributed by atoms with Gasteiger partial charge in [0.25, 0.3) is 0 Å². The maximum absolute atomic E-state index is 9.00. The third-order valence-corrected chi connectivity index (χ3v) is 2.79. The van der Waals surface area contributed by atoms with Crippen molar-refractivity contribution in [3.8, 4) is 6.07 Å². The largest absolute Gasteiger partial charge is 0.383 e. The van der Waals surface area contributed by atoms with Crippen LogP contribution in [0.15, 0.2) is 6.20 Å². The van der Waals surface area contributed by atoms with Crippen molar-refractivity contribution >= 4 is 5.82 Å². The lowest BCUT2D eigenvalue weighted by Crippen LogP contribution is -2.03. The fraction of sp³-hybridized carbons (Fsp3) is 0.455. The molecule has 3 heteroatoms. The summed E-state index contributed by atoms with van der Waals surface area (Å²) in [6.07, 6.45) is 7.44. The first-order chi connectivity index (χ1) is 6.83. The van der Waals surface area contributed by atoms with Crippen LogP contribution in [0, 0.1) is 11.3 Å². The Morgan fingerprint density at radius 3 is 2.86 bits per heavy atom. The number of nitrogen functional groups attached to an aromatic ring is 1. The van der Waals surface area contributed by atoms with E-state index in [0.29, 0.717) is 11.4 Å². The SMILES string of the molecule is N#Cc1c(N)ncc2c1CCCCC2. The zero-order valence-electron chi connectivity index (χ0n) is 8.08. The van der Waals surface area contributed by atoms with Gasteiger partial charge in [0, 0.05) is 6.20 Å². The molecule has 0 saturated carbocycles. The van der Waals surface area contributed by atoms with Gasteiger partial charge in [-0.3, -0.25) is 0 Å². The monoisotopic (exact) mass is 187 g/mol. The van der Waals surface area contributed by atoms with E-state index in [-0.39, 0.29) is 0 Å². The van der Waals surface area contributed by atoms with Crippen molar-refractivity contribution in [3.05, 3.63) is 22.9 Å². The second kappa shape index (κ2) is 3.67. The van der Waals surface area contributed by atoms with Crippen LogP contribution in [0.3, 0.4) is 0 Å². The molecule has 0 saturated heterocycles. The van der Waals surface area contributed by atoms with Crippen molar-refractivity contribution in [3.63, 3.8) is 0 Å². The van der Waals surface area contributed by atoms with Crippen LogP contribution in [0.5, 0.6) is 0 Å². The summed E-state index contributed by atoms with van der Waals surface area (Å²) in [4.78, 5) is 4.06. The van der Waals surface area contributed by atoms with Gasteiger partial charge >= 0.3 is 0 Å². The fourth-order valence-corrected chi connectivity index (χ4v) is 2.02. The lowest BCUT2D eigenvalue weighted by molar-refractivity contribution is 0.711. The number of fused-ring (bicyclic) bond motifs is 1. The summed E-state index contributed by atoms with van der Waals surface area (Å²) in [6, 6.07) is 2.16. The normalized spacial score (nSPS) is 15.4. The van der Waals surface area contributed by atoms with E-state index in [2.05, 4.69) is 11.1 Å². The van der Waals surface area contributed by atoms with E-state index in [0.717, 1.165) is 24.8 Å². The van der Waals surface area contributed by atoms with Gasteiger partial charge < -0.3 is 5.73 Å². The third-order valence-electron chi connectivity index (χ3n) is 2.79. The zero-order valence-corrected chi connectivity index (χ0v) is 8.08. The molecule has 72 valence electrons. The number of hydrogen-bond acceptors (Lipinski definition) is 3. The van der Waals surface area contributed by atoms with Gasteiger partial charge in [0.15, 0.2) is 0 Å². The van der Waals surface area contributed by atoms with Gasteiger partial charge in [-0.1, -0.05) is 6.42 Å². The van der Waals surface area contributed by atoms with E-state index in [1.165, 1.54) is 18.4 Å². The molecule has 0 unspecified atom stereocenters. The van der Waals surface area contributed by atoms with Crippen molar-refractivity contribution in [2.75, 3.05) is 5.73 Å². The van der Waals surface area contributed by atoms with Crippen LogP contribution in [0.1, 0.15) is 36.0 Å². The van der Waals surface area contributed by atoms with E-state index in [4.69, 9.17) is 11.0 Å². The van der Waals surface area contributed by atoms with Crippen LogP contribution < -0.4 is 5.73 Å². The number of aryl methyl sites for hydroxylation is 1. The van der Waals surface area contributed by atoms with Gasteiger partial charge in [-0.25, -0.2) is 4.98 Å². The van der Waals surface area contributed by atoms with Crippen LogP contribution >= 0.6 is 0 Å². The van der Waals surface area contributed by atoms with Gasteiger partial charge in [-0.05, 0) is 36.8 Å². The molecule has 0 fully saturated rings.